The minimum absolute atomic E-state index is 0.00777. The number of nitrogens with zero attached hydrogens (tertiary/aromatic N) is 1. The number of nitrogens with two attached hydrogens (primary N) is 1. The highest BCUT2D eigenvalue weighted by Gasteiger charge is 2.36. The van der Waals surface area contributed by atoms with Gasteiger partial charge >= 0.3 is 0 Å². The van der Waals surface area contributed by atoms with E-state index in [0.29, 0.717) is 11.6 Å². The minimum Gasteiger partial charge on any atom is -0.348 e. The monoisotopic (exact) mass is 283 g/mol. The fourth-order valence-electron chi connectivity index (χ4n) is 2.21. The summed E-state index contributed by atoms with van der Waals surface area (Å²) in [5.74, 6) is 0.294. The average Bonchev–Trinajstić information content (AvgIpc) is 3.20. The molecule has 2 aliphatic rings. The molecular formula is C12H17N3O3S. The van der Waals surface area contributed by atoms with E-state index in [0.717, 1.165) is 19.3 Å². The smallest absolute Gasteiger partial charge is 0.268 e. The standard InChI is InChI=1S/C12H17N3O3S/c1-7-4-10(7)14-12(16)11-5-9(19(13,17)18)6-15(11)8-2-3-8/h5-8,10H,2-4H2,1H3,(H,14,16)(H2,13,17,18). The predicted octanol–water partition coefficient (Wildman–Crippen LogP) is 0.609. The van der Waals surface area contributed by atoms with Crippen molar-refractivity contribution in [2.45, 2.75) is 43.2 Å². The lowest BCUT2D eigenvalue weighted by molar-refractivity contribution is 0.0940. The summed E-state index contributed by atoms with van der Waals surface area (Å²) in [6.45, 7) is 2.07. The van der Waals surface area contributed by atoms with Gasteiger partial charge in [-0.05, 0) is 31.2 Å². The Morgan fingerprint density at radius 3 is 2.58 bits per heavy atom. The summed E-state index contributed by atoms with van der Waals surface area (Å²) in [4.78, 5) is 12.2. The predicted molar refractivity (Wildman–Crippen MR) is 69.1 cm³/mol. The molecule has 0 aromatic carbocycles. The summed E-state index contributed by atoms with van der Waals surface area (Å²) < 4.78 is 24.5. The largest absolute Gasteiger partial charge is 0.348 e. The van der Waals surface area contributed by atoms with E-state index in [2.05, 4.69) is 12.2 Å². The zero-order valence-electron chi connectivity index (χ0n) is 10.7. The van der Waals surface area contributed by atoms with Crippen molar-refractivity contribution in [1.29, 1.82) is 0 Å². The summed E-state index contributed by atoms with van der Waals surface area (Å²) in [5.41, 5.74) is 0.394. The van der Waals surface area contributed by atoms with E-state index in [1.807, 2.05) is 0 Å². The van der Waals surface area contributed by atoms with Crippen LogP contribution in [0.1, 0.15) is 42.7 Å². The number of carbonyl (C=O) groups is 1. The molecule has 1 aromatic heterocycles. The Balaban J connectivity index is 1.90. The summed E-state index contributed by atoms with van der Waals surface area (Å²) in [5, 5.41) is 8.03. The Morgan fingerprint density at radius 1 is 1.47 bits per heavy atom. The molecule has 0 saturated heterocycles. The van der Waals surface area contributed by atoms with Crippen molar-refractivity contribution in [2.24, 2.45) is 11.1 Å². The quantitative estimate of drug-likeness (QED) is 0.847. The number of carbonyl (C=O) groups excluding carboxylic acids is 1. The van der Waals surface area contributed by atoms with Gasteiger partial charge in [0, 0.05) is 18.3 Å². The van der Waals surface area contributed by atoms with E-state index in [9.17, 15) is 13.2 Å². The molecule has 2 aliphatic carbocycles. The van der Waals surface area contributed by atoms with Gasteiger partial charge in [0.1, 0.15) is 10.6 Å². The number of sulfonamides is 1. The molecule has 0 spiro atoms. The van der Waals surface area contributed by atoms with Gasteiger partial charge in [0.15, 0.2) is 0 Å². The highest BCUT2D eigenvalue weighted by molar-refractivity contribution is 7.89. The Bertz CT molecular complexity index is 631. The maximum Gasteiger partial charge on any atom is 0.268 e. The summed E-state index contributed by atoms with van der Waals surface area (Å²) in [6.07, 6.45) is 4.40. The summed E-state index contributed by atoms with van der Waals surface area (Å²) >= 11 is 0. The number of amides is 1. The van der Waals surface area contributed by atoms with Gasteiger partial charge in [-0.25, -0.2) is 13.6 Å². The van der Waals surface area contributed by atoms with E-state index in [1.54, 1.807) is 4.57 Å². The third-order valence-corrected chi connectivity index (χ3v) is 4.63. The van der Waals surface area contributed by atoms with Crippen LogP contribution in [0.2, 0.25) is 0 Å². The van der Waals surface area contributed by atoms with Crippen molar-refractivity contribution in [3.05, 3.63) is 18.0 Å². The topological polar surface area (TPSA) is 94.2 Å². The van der Waals surface area contributed by atoms with Crippen LogP contribution in [0.15, 0.2) is 17.2 Å². The van der Waals surface area contributed by atoms with Crippen molar-refractivity contribution in [1.82, 2.24) is 9.88 Å². The molecule has 6 nitrogen and oxygen atoms in total. The van der Waals surface area contributed by atoms with Crippen molar-refractivity contribution >= 4 is 15.9 Å². The van der Waals surface area contributed by atoms with Gasteiger partial charge in [0.25, 0.3) is 5.91 Å². The van der Waals surface area contributed by atoms with E-state index in [-0.39, 0.29) is 22.9 Å². The van der Waals surface area contributed by atoms with Crippen LogP contribution in [0.5, 0.6) is 0 Å². The zero-order chi connectivity index (χ0) is 13.8. The lowest BCUT2D eigenvalue weighted by Crippen LogP contribution is -2.28. The van der Waals surface area contributed by atoms with Gasteiger partial charge in [0.2, 0.25) is 10.0 Å². The third kappa shape index (κ3) is 2.52. The molecule has 2 atom stereocenters. The number of hydrogen-bond acceptors (Lipinski definition) is 3. The second-order valence-electron chi connectivity index (χ2n) is 5.54. The van der Waals surface area contributed by atoms with Gasteiger partial charge in [-0.2, -0.15) is 0 Å². The Morgan fingerprint density at radius 2 is 2.11 bits per heavy atom. The molecule has 2 unspecified atom stereocenters. The normalized spacial score (nSPS) is 26.2. The maximum absolute atomic E-state index is 12.2. The molecule has 0 aliphatic heterocycles. The Labute approximate surface area is 112 Å². The van der Waals surface area contributed by atoms with Crippen LogP contribution in [-0.4, -0.2) is 24.9 Å². The SMILES string of the molecule is CC1CC1NC(=O)c1cc(S(N)(=O)=O)cn1C1CC1. The molecule has 1 heterocycles. The molecule has 104 valence electrons. The molecule has 0 bridgehead atoms. The van der Waals surface area contributed by atoms with Crippen molar-refractivity contribution in [2.75, 3.05) is 0 Å². The maximum atomic E-state index is 12.2. The molecule has 7 heteroatoms. The van der Waals surface area contributed by atoms with Gasteiger partial charge in [0.05, 0.1) is 0 Å². The molecule has 0 radical (unpaired) electrons. The number of hydrogen-bond donors (Lipinski definition) is 2. The second-order valence-corrected chi connectivity index (χ2v) is 7.10. The summed E-state index contributed by atoms with van der Waals surface area (Å²) in [7, 11) is -3.77. The van der Waals surface area contributed by atoms with E-state index in [1.165, 1.54) is 12.3 Å². The first-order valence-electron chi connectivity index (χ1n) is 6.42. The van der Waals surface area contributed by atoms with Crippen LogP contribution >= 0.6 is 0 Å². The molecule has 19 heavy (non-hydrogen) atoms. The molecule has 1 aromatic rings. The second kappa shape index (κ2) is 4.08. The summed E-state index contributed by atoms with van der Waals surface area (Å²) in [6, 6.07) is 1.82. The van der Waals surface area contributed by atoms with Crippen molar-refractivity contribution in [3.63, 3.8) is 0 Å². The van der Waals surface area contributed by atoms with Crippen LogP contribution in [-0.2, 0) is 10.0 Å². The van der Waals surface area contributed by atoms with Crippen molar-refractivity contribution in [3.8, 4) is 0 Å². The van der Waals surface area contributed by atoms with Crippen LogP contribution in [0.3, 0.4) is 0 Å². The number of nitrogens with one attached hydrogen (secondary N) is 1. The first kappa shape index (κ1) is 12.7. The Kier molecular flexibility index (Phi) is 2.72. The lowest BCUT2D eigenvalue weighted by Gasteiger charge is -2.07. The first-order valence-corrected chi connectivity index (χ1v) is 7.96. The highest BCUT2D eigenvalue weighted by Crippen LogP contribution is 2.37. The van der Waals surface area contributed by atoms with E-state index < -0.39 is 10.0 Å². The van der Waals surface area contributed by atoms with Gasteiger partial charge in [-0.15, -0.1) is 0 Å². The number of primary sulfonamides is 1. The minimum atomic E-state index is -3.77. The number of rotatable bonds is 4. The lowest BCUT2D eigenvalue weighted by atomic mass is 10.3. The van der Waals surface area contributed by atoms with Gasteiger partial charge < -0.3 is 9.88 Å². The third-order valence-electron chi connectivity index (χ3n) is 3.75. The van der Waals surface area contributed by atoms with E-state index in [4.69, 9.17) is 5.14 Å². The zero-order valence-corrected chi connectivity index (χ0v) is 11.5. The number of aromatic nitrogens is 1. The fraction of sp³-hybridized carbons (Fsp3) is 0.583. The van der Waals surface area contributed by atoms with Crippen LogP contribution < -0.4 is 10.5 Å². The Hall–Kier alpha value is -1.34. The van der Waals surface area contributed by atoms with Crippen molar-refractivity contribution < 1.29 is 13.2 Å². The fourth-order valence-corrected chi connectivity index (χ4v) is 2.75. The van der Waals surface area contributed by atoms with Crippen LogP contribution in [0, 0.1) is 5.92 Å². The average molecular weight is 283 g/mol. The first-order chi connectivity index (χ1) is 8.86. The van der Waals surface area contributed by atoms with Crippen LogP contribution in [0.25, 0.3) is 0 Å². The van der Waals surface area contributed by atoms with E-state index >= 15 is 0 Å². The van der Waals surface area contributed by atoms with Gasteiger partial charge in [-0.1, -0.05) is 6.92 Å². The molecule has 2 fully saturated rings. The molecule has 2 saturated carbocycles. The molecule has 3 N–H and O–H groups in total. The molecule has 1 amide bonds. The highest BCUT2D eigenvalue weighted by atomic mass is 32.2. The molecule has 3 rings (SSSR count). The molecular weight excluding hydrogens is 266 g/mol. The van der Waals surface area contributed by atoms with Gasteiger partial charge in [-0.3, -0.25) is 4.79 Å². The van der Waals surface area contributed by atoms with Crippen LogP contribution in [0.4, 0.5) is 0 Å².